The van der Waals surface area contributed by atoms with Gasteiger partial charge in [0.15, 0.2) is 0 Å². The van der Waals surface area contributed by atoms with Crippen molar-refractivity contribution in [2.45, 2.75) is 39.2 Å². The largest absolute Gasteiger partial charge is 0.339 e. The molecule has 0 aliphatic heterocycles. The highest BCUT2D eigenvalue weighted by Gasteiger charge is 2.32. The highest BCUT2D eigenvalue weighted by molar-refractivity contribution is 5.78. The summed E-state index contributed by atoms with van der Waals surface area (Å²) in [5.41, 5.74) is 0. The van der Waals surface area contributed by atoms with Gasteiger partial charge in [-0.25, -0.2) is 0 Å². The first-order valence-electron chi connectivity index (χ1n) is 4.81. The smallest absolute Gasteiger partial charge is 0.237 e. The zero-order valence-electron chi connectivity index (χ0n) is 8.29. The Hall–Kier alpha value is -1.04. The Labute approximate surface area is 79.3 Å². The monoisotopic (exact) mass is 180 g/mol. The van der Waals surface area contributed by atoms with Crippen molar-refractivity contribution in [3.8, 4) is 6.07 Å². The second-order valence-corrected chi connectivity index (χ2v) is 4.01. The van der Waals surface area contributed by atoms with Crippen LogP contribution in [-0.2, 0) is 4.79 Å². The Morgan fingerprint density at radius 1 is 1.62 bits per heavy atom. The minimum Gasteiger partial charge on any atom is -0.339 e. The van der Waals surface area contributed by atoms with Crippen LogP contribution in [0, 0.1) is 17.2 Å². The number of nitrogens with zero attached hydrogens (tertiary/aromatic N) is 2. The molecule has 1 fully saturated rings. The molecule has 0 radical (unpaired) electrons. The average molecular weight is 180 g/mol. The Kier molecular flexibility index (Phi) is 3.30. The van der Waals surface area contributed by atoms with Crippen molar-refractivity contribution < 1.29 is 4.79 Å². The molecule has 0 unspecified atom stereocenters. The quantitative estimate of drug-likeness (QED) is 0.658. The summed E-state index contributed by atoms with van der Waals surface area (Å²) < 4.78 is 0. The maximum atomic E-state index is 11.5. The van der Waals surface area contributed by atoms with Crippen molar-refractivity contribution in [2.75, 3.05) is 6.54 Å². The van der Waals surface area contributed by atoms with Crippen LogP contribution in [0.3, 0.4) is 0 Å². The third-order valence-corrected chi connectivity index (χ3v) is 2.10. The van der Waals surface area contributed by atoms with E-state index in [1.54, 1.807) is 0 Å². The van der Waals surface area contributed by atoms with E-state index in [1.807, 2.05) is 11.0 Å². The van der Waals surface area contributed by atoms with Crippen LogP contribution in [0.2, 0.25) is 0 Å². The number of hydrogen-bond donors (Lipinski definition) is 0. The van der Waals surface area contributed by atoms with Gasteiger partial charge in [-0.1, -0.05) is 13.8 Å². The Morgan fingerprint density at radius 2 is 2.23 bits per heavy atom. The SMILES string of the molecule is CC(C)CN(C(=O)CC#N)C1CC1. The van der Waals surface area contributed by atoms with E-state index in [4.69, 9.17) is 5.26 Å². The van der Waals surface area contributed by atoms with Crippen molar-refractivity contribution in [3.63, 3.8) is 0 Å². The van der Waals surface area contributed by atoms with Crippen molar-refractivity contribution in [2.24, 2.45) is 5.92 Å². The van der Waals surface area contributed by atoms with Crippen molar-refractivity contribution in [3.05, 3.63) is 0 Å². The number of carbonyl (C=O) groups is 1. The Morgan fingerprint density at radius 3 is 2.62 bits per heavy atom. The minimum atomic E-state index is -0.00120. The van der Waals surface area contributed by atoms with Gasteiger partial charge in [0.05, 0.1) is 6.07 Å². The molecule has 0 N–H and O–H groups in total. The van der Waals surface area contributed by atoms with Crippen molar-refractivity contribution >= 4 is 5.91 Å². The van der Waals surface area contributed by atoms with Crippen LogP contribution in [0.1, 0.15) is 33.1 Å². The first-order chi connectivity index (χ1) is 6.15. The molecule has 0 heterocycles. The van der Waals surface area contributed by atoms with Crippen LogP contribution in [0.5, 0.6) is 0 Å². The topological polar surface area (TPSA) is 44.1 Å². The lowest BCUT2D eigenvalue weighted by molar-refractivity contribution is -0.131. The molecule has 0 spiro atoms. The van der Waals surface area contributed by atoms with Crippen LogP contribution in [0.25, 0.3) is 0 Å². The predicted molar refractivity (Wildman–Crippen MR) is 49.8 cm³/mol. The van der Waals surface area contributed by atoms with E-state index < -0.39 is 0 Å². The fraction of sp³-hybridized carbons (Fsp3) is 0.800. The maximum Gasteiger partial charge on any atom is 0.237 e. The highest BCUT2D eigenvalue weighted by Crippen LogP contribution is 2.27. The lowest BCUT2D eigenvalue weighted by Crippen LogP contribution is -2.35. The fourth-order valence-corrected chi connectivity index (χ4v) is 1.40. The van der Waals surface area contributed by atoms with Gasteiger partial charge in [-0.2, -0.15) is 5.26 Å². The third-order valence-electron chi connectivity index (χ3n) is 2.10. The number of amides is 1. The number of hydrogen-bond acceptors (Lipinski definition) is 2. The van der Waals surface area contributed by atoms with Crippen LogP contribution >= 0.6 is 0 Å². The van der Waals surface area contributed by atoms with Crippen molar-refractivity contribution in [1.82, 2.24) is 4.90 Å². The molecule has 3 heteroatoms. The molecule has 0 aromatic carbocycles. The van der Waals surface area contributed by atoms with Crippen LogP contribution in [0.4, 0.5) is 0 Å². The van der Waals surface area contributed by atoms with Gasteiger partial charge in [0.2, 0.25) is 5.91 Å². The van der Waals surface area contributed by atoms with Gasteiger partial charge >= 0.3 is 0 Å². The first kappa shape index (κ1) is 10.0. The van der Waals surface area contributed by atoms with E-state index in [0.29, 0.717) is 12.0 Å². The van der Waals surface area contributed by atoms with E-state index >= 15 is 0 Å². The van der Waals surface area contributed by atoms with Gasteiger partial charge in [-0.05, 0) is 18.8 Å². The predicted octanol–water partition coefficient (Wildman–Crippen LogP) is 1.55. The second kappa shape index (κ2) is 4.27. The maximum absolute atomic E-state index is 11.5. The van der Waals surface area contributed by atoms with Gasteiger partial charge in [0.25, 0.3) is 0 Å². The molecule has 1 rings (SSSR count). The fourth-order valence-electron chi connectivity index (χ4n) is 1.40. The summed E-state index contributed by atoms with van der Waals surface area (Å²) in [5.74, 6) is 0.488. The second-order valence-electron chi connectivity index (χ2n) is 4.01. The zero-order valence-corrected chi connectivity index (χ0v) is 8.29. The highest BCUT2D eigenvalue weighted by atomic mass is 16.2. The minimum absolute atomic E-state index is 0.00120. The van der Waals surface area contributed by atoms with E-state index in [0.717, 1.165) is 19.4 Å². The standard InChI is InChI=1S/C10H16N2O/c1-8(2)7-12(9-3-4-9)10(13)5-6-11/h8-9H,3-5,7H2,1-2H3. The number of nitriles is 1. The molecular formula is C10H16N2O. The lowest BCUT2D eigenvalue weighted by Gasteiger charge is -2.23. The lowest BCUT2D eigenvalue weighted by atomic mass is 10.2. The van der Waals surface area contributed by atoms with E-state index in [9.17, 15) is 4.79 Å². The Balaban J connectivity index is 2.47. The molecule has 0 atom stereocenters. The molecule has 0 saturated heterocycles. The van der Waals surface area contributed by atoms with Crippen LogP contribution in [-0.4, -0.2) is 23.4 Å². The molecular weight excluding hydrogens is 164 g/mol. The summed E-state index contributed by atoms with van der Waals surface area (Å²) in [6.07, 6.45) is 2.26. The molecule has 0 bridgehead atoms. The molecule has 0 aromatic heterocycles. The van der Waals surface area contributed by atoms with E-state index in [2.05, 4.69) is 13.8 Å². The third kappa shape index (κ3) is 3.06. The average Bonchev–Trinajstić information content (AvgIpc) is 2.82. The summed E-state index contributed by atoms with van der Waals surface area (Å²) >= 11 is 0. The number of carbonyl (C=O) groups excluding carboxylic acids is 1. The molecule has 0 aromatic rings. The first-order valence-corrected chi connectivity index (χ1v) is 4.81. The van der Waals surface area contributed by atoms with Gasteiger partial charge < -0.3 is 4.90 Å². The van der Waals surface area contributed by atoms with Crippen LogP contribution in [0.15, 0.2) is 0 Å². The molecule has 1 aliphatic carbocycles. The van der Waals surface area contributed by atoms with Gasteiger partial charge in [-0.15, -0.1) is 0 Å². The summed E-state index contributed by atoms with van der Waals surface area (Å²) in [4.78, 5) is 13.3. The van der Waals surface area contributed by atoms with Crippen LogP contribution < -0.4 is 0 Å². The van der Waals surface area contributed by atoms with E-state index in [-0.39, 0.29) is 12.3 Å². The van der Waals surface area contributed by atoms with Gasteiger partial charge in [-0.3, -0.25) is 4.79 Å². The van der Waals surface area contributed by atoms with Crippen molar-refractivity contribution in [1.29, 1.82) is 5.26 Å². The molecule has 72 valence electrons. The number of rotatable bonds is 4. The molecule has 13 heavy (non-hydrogen) atoms. The normalized spacial score (nSPS) is 15.5. The summed E-state index contributed by atoms with van der Waals surface area (Å²) in [5, 5.41) is 8.42. The molecule has 1 aliphatic rings. The molecule has 1 amide bonds. The molecule has 3 nitrogen and oxygen atoms in total. The molecule has 1 saturated carbocycles. The summed E-state index contributed by atoms with van der Waals surface area (Å²) in [7, 11) is 0. The van der Waals surface area contributed by atoms with Gasteiger partial charge in [0, 0.05) is 12.6 Å². The zero-order chi connectivity index (χ0) is 9.84. The van der Waals surface area contributed by atoms with E-state index in [1.165, 1.54) is 0 Å². The summed E-state index contributed by atoms with van der Waals surface area (Å²) in [6.45, 7) is 4.98. The summed E-state index contributed by atoms with van der Waals surface area (Å²) in [6, 6.07) is 2.35. The Bertz CT molecular complexity index is 226. The van der Waals surface area contributed by atoms with Gasteiger partial charge in [0.1, 0.15) is 6.42 Å².